The normalized spacial score (nSPS) is 27.9. The van der Waals surface area contributed by atoms with Crippen molar-refractivity contribution in [3.05, 3.63) is 0 Å². The van der Waals surface area contributed by atoms with Gasteiger partial charge in [0.25, 0.3) is 0 Å². The molecule has 0 aromatic rings. The van der Waals surface area contributed by atoms with Crippen molar-refractivity contribution in [1.29, 1.82) is 0 Å². The van der Waals surface area contributed by atoms with Crippen molar-refractivity contribution in [3.8, 4) is 0 Å². The Balaban J connectivity index is 2.77. The highest BCUT2D eigenvalue weighted by atomic mass is 35.5. The third-order valence-corrected chi connectivity index (χ3v) is 5.27. The quantitative estimate of drug-likeness (QED) is 0.738. The summed E-state index contributed by atoms with van der Waals surface area (Å²) in [6.07, 6.45) is -0.0696. The van der Waals surface area contributed by atoms with E-state index in [0.29, 0.717) is 19.0 Å². The maximum absolute atomic E-state index is 12.2. The molecule has 0 aromatic heterocycles. The van der Waals surface area contributed by atoms with E-state index in [9.17, 15) is 8.42 Å². The molecule has 0 bridgehead atoms. The van der Waals surface area contributed by atoms with Crippen molar-refractivity contribution >= 4 is 21.6 Å². The topological polar surface area (TPSA) is 46.6 Å². The number of morpholine rings is 1. The van der Waals surface area contributed by atoms with Gasteiger partial charge in [0.1, 0.15) is 0 Å². The van der Waals surface area contributed by atoms with E-state index in [4.69, 9.17) is 16.3 Å². The van der Waals surface area contributed by atoms with Gasteiger partial charge in [-0.2, -0.15) is 4.31 Å². The lowest BCUT2D eigenvalue weighted by atomic mass is 10.1. The highest BCUT2D eigenvalue weighted by molar-refractivity contribution is 7.89. The monoisotopic (exact) mass is 283 g/mol. The molecule has 0 N–H and O–H groups in total. The van der Waals surface area contributed by atoms with E-state index >= 15 is 0 Å². The largest absolute Gasteiger partial charge is 0.370 e. The number of halogens is 1. The molecule has 1 aliphatic heterocycles. The highest BCUT2D eigenvalue weighted by Gasteiger charge is 2.37. The lowest BCUT2D eigenvalue weighted by Gasteiger charge is -2.41. The molecule has 0 saturated carbocycles. The van der Waals surface area contributed by atoms with E-state index in [1.165, 1.54) is 4.31 Å². The van der Waals surface area contributed by atoms with Crippen LogP contribution in [0.15, 0.2) is 0 Å². The Hall–Kier alpha value is 0.160. The first-order valence-electron chi connectivity index (χ1n) is 5.88. The Bertz CT molecular complexity index is 356. The minimum Gasteiger partial charge on any atom is -0.370 e. The van der Waals surface area contributed by atoms with Crippen LogP contribution in [0.3, 0.4) is 0 Å². The van der Waals surface area contributed by atoms with Gasteiger partial charge in [-0.15, -0.1) is 11.6 Å². The molecule has 4 nitrogen and oxygen atoms in total. The number of hydrogen-bond donors (Lipinski definition) is 0. The van der Waals surface area contributed by atoms with E-state index in [2.05, 4.69) is 0 Å². The highest BCUT2D eigenvalue weighted by Crippen LogP contribution is 2.23. The van der Waals surface area contributed by atoms with Crippen molar-refractivity contribution < 1.29 is 13.2 Å². The van der Waals surface area contributed by atoms with Gasteiger partial charge < -0.3 is 4.74 Å². The summed E-state index contributed by atoms with van der Waals surface area (Å²) in [5, 5.41) is 0. The van der Waals surface area contributed by atoms with Crippen molar-refractivity contribution in [2.75, 3.05) is 24.7 Å². The van der Waals surface area contributed by atoms with E-state index in [1.807, 2.05) is 27.7 Å². The third-order valence-electron chi connectivity index (χ3n) is 2.69. The molecule has 102 valence electrons. The summed E-state index contributed by atoms with van der Waals surface area (Å²) in [5.74, 6) is 0.449. The summed E-state index contributed by atoms with van der Waals surface area (Å²) in [5.41, 5.74) is -0.422. The maximum atomic E-state index is 12.2. The van der Waals surface area contributed by atoms with Gasteiger partial charge in [-0.1, -0.05) is 6.92 Å². The molecule has 0 aliphatic carbocycles. The molecule has 1 saturated heterocycles. The number of hydrogen-bond acceptors (Lipinski definition) is 3. The fourth-order valence-electron chi connectivity index (χ4n) is 2.12. The summed E-state index contributed by atoms with van der Waals surface area (Å²) in [4.78, 5) is 0. The van der Waals surface area contributed by atoms with Crippen LogP contribution in [-0.2, 0) is 14.8 Å². The van der Waals surface area contributed by atoms with Gasteiger partial charge in [0, 0.05) is 19.0 Å². The third kappa shape index (κ3) is 4.39. The van der Waals surface area contributed by atoms with Gasteiger partial charge in [-0.3, -0.25) is 0 Å². The Morgan fingerprint density at radius 3 is 2.59 bits per heavy atom. The minimum absolute atomic E-state index is 0.0251. The molecule has 6 heteroatoms. The van der Waals surface area contributed by atoms with Crippen molar-refractivity contribution in [3.63, 3.8) is 0 Å². The second-order valence-electron chi connectivity index (χ2n) is 5.52. The van der Waals surface area contributed by atoms with Gasteiger partial charge in [-0.25, -0.2) is 8.42 Å². The molecule has 1 heterocycles. The number of sulfonamides is 1. The second-order valence-corrected chi connectivity index (χ2v) is 7.84. The van der Waals surface area contributed by atoms with Crippen LogP contribution >= 0.6 is 11.6 Å². The summed E-state index contributed by atoms with van der Waals surface area (Å²) < 4.78 is 31.6. The van der Waals surface area contributed by atoms with Crippen molar-refractivity contribution in [2.24, 2.45) is 5.92 Å². The molecule has 1 rings (SSSR count). The van der Waals surface area contributed by atoms with Crippen LogP contribution in [-0.4, -0.2) is 49.2 Å². The van der Waals surface area contributed by atoms with Crippen LogP contribution in [0.4, 0.5) is 0 Å². The SMILES string of the molecule is CC(CCl)CS(=O)(=O)N1CC(C)OC(C)(C)C1. The molecule has 0 radical (unpaired) electrons. The maximum Gasteiger partial charge on any atom is 0.214 e. The first-order valence-corrected chi connectivity index (χ1v) is 8.02. The fraction of sp³-hybridized carbons (Fsp3) is 1.00. The smallest absolute Gasteiger partial charge is 0.214 e. The van der Waals surface area contributed by atoms with Crippen LogP contribution in [0.25, 0.3) is 0 Å². The van der Waals surface area contributed by atoms with Crippen molar-refractivity contribution in [1.82, 2.24) is 4.31 Å². The van der Waals surface area contributed by atoms with Crippen molar-refractivity contribution in [2.45, 2.75) is 39.4 Å². The van der Waals surface area contributed by atoms with Gasteiger partial charge in [0.05, 0.1) is 17.5 Å². The molecule has 2 unspecified atom stereocenters. The molecule has 0 amide bonds. The standard InChI is InChI=1S/C11H22ClNO3S/c1-9(5-12)7-17(14,15)13-6-10(2)16-11(3,4)8-13/h9-10H,5-8H2,1-4H3. The lowest BCUT2D eigenvalue weighted by molar-refractivity contribution is -0.109. The van der Waals surface area contributed by atoms with Gasteiger partial charge in [0.15, 0.2) is 0 Å². The second kappa shape index (κ2) is 5.43. The lowest BCUT2D eigenvalue weighted by Crippen LogP contribution is -2.54. The zero-order chi connectivity index (χ0) is 13.3. The molecule has 0 spiro atoms. The predicted molar refractivity (Wildman–Crippen MR) is 69.9 cm³/mol. The fourth-order valence-corrected chi connectivity index (χ4v) is 4.35. The van der Waals surface area contributed by atoms with Gasteiger partial charge in [0.2, 0.25) is 10.0 Å². The Kier molecular flexibility index (Phi) is 4.86. The summed E-state index contributed by atoms with van der Waals surface area (Å²) in [6, 6.07) is 0. The summed E-state index contributed by atoms with van der Waals surface area (Å²) in [7, 11) is -3.23. The van der Waals surface area contributed by atoms with E-state index < -0.39 is 15.6 Å². The van der Waals surface area contributed by atoms with E-state index in [-0.39, 0.29) is 17.8 Å². The number of alkyl halides is 1. The first-order chi connectivity index (χ1) is 7.66. The molecule has 0 aromatic carbocycles. The van der Waals surface area contributed by atoms with Gasteiger partial charge >= 0.3 is 0 Å². The minimum atomic E-state index is -3.23. The van der Waals surface area contributed by atoms with Crippen LogP contribution < -0.4 is 0 Å². The average Bonchev–Trinajstić information content (AvgIpc) is 2.13. The molecule has 1 aliphatic rings. The Labute approximate surface area is 109 Å². The number of rotatable bonds is 4. The number of nitrogens with zero attached hydrogens (tertiary/aromatic N) is 1. The zero-order valence-corrected chi connectivity index (χ0v) is 12.5. The summed E-state index contributed by atoms with van der Waals surface area (Å²) >= 11 is 5.67. The molecular weight excluding hydrogens is 262 g/mol. The van der Waals surface area contributed by atoms with Crippen LogP contribution in [0.5, 0.6) is 0 Å². The predicted octanol–water partition coefficient (Wildman–Crippen LogP) is 1.69. The molecule has 2 atom stereocenters. The van der Waals surface area contributed by atoms with E-state index in [1.54, 1.807) is 0 Å². The zero-order valence-electron chi connectivity index (χ0n) is 10.9. The molecule has 1 fully saturated rings. The van der Waals surface area contributed by atoms with Gasteiger partial charge in [-0.05, 0) is 26.7 Å². The first kappa shape index (κ1) is 15.2. The Morgan fingerprint density at radius 1 is 1.53 bits per heavy atom. The van der Waals surface area contributed by atoms with E-state index in [0.717, 1.165) is 0 Å². The summed E-state index contributed by atoms with van der Waals surface area (Å²) in [6.45, 7) is 8.41. The van der Waals surface area contributed by atoms with Crippen LogP contribution in [0.2, 0.25) is 0 Å². The molecule has 17 heavy (non-hydrogen) atoms. The average molecular weight is 284 g/mol. The Morgan fingerprint density at radius 2 is 2.12 bits per heavy atom. The molecular formula is C11H22ClNO3S. The van der Waals surface area contributed by atoms with Crippen LogP contribution in [0, 0.1) is 5.92 Å². The van der Waals surface area contributed by atoms with Crippen LogP contribution in [0.1, 0.15) is 27.7 Å². The number of ether oxygens (including phenoxy) is 1.